The molecule has 4 heterocycles. The Hall–Kier alpha value is -4.43. The molecule has 4 aromatic heterocycles. The van der Waals surface area contributed by atoms with E-state index in [0.717, 1.165) is 12.1 Å². The zero-order valence-corrected chi connectivity index (χ0v) is 23.4. The van der Waals surface area contributed by atoms with E-state index in [2.05, 4.69) is 15.4 Å². The van der Waals surface area contributed by atoms with E-state index in [1.165, 1.54) is 24.3 Å². The number of benzene rings is 1. The van der Waals surface area contributed by atoms with Gasteiger partial charge in [0.25, 0.3) is 11.8 Å². The van der Waals surface area contributed by atoms with Gasteiger partial charge >= 0.3 is 6.18 Å². The van der Waals surface area contributed by atoms with Crippen molar-refractivity contribution in [1.82, 2.24) is 14.8 Å². The number of aromatic nitrogens is 3. The summed E-state index contributed by atoms with van der Waals surface area (Å²) >= 11 is 6.58. The van der Waals surface area contributed by atoms with Gasteiger partial charge in [-0.05, 0) is 55.8 Å². The van der Waals surface area contributed by atoms with Crippen LogP contribution < -0.4 is 15.8 Å². The van der Waals surface area contributed by atoms with E-state index < -0.39 is 29.5 Å². The molecule has 1 aromatic carbocycles. The SMILES string of the molecule is CCn1cc(-c2cc(C(F)(F)F)nc3sc(C(N)=O)c(NC(=O)c4ccc(COc5ccc(F)cc5Cl)o4)c23)c(C)n1. The second kappa shape index (κ2) is 11.1. The summed E-state index contributed by atoms with van der Waals surface area (Å²) in [5, 5.41) is 7.02. The smallest absolute Gasteiger partial charge is 0.433 e. The minimum absolute atomic E-state index is 0.0423. The molecular formula is C27H20ClF4N5O4S. The number of amides is 2. The fraction of sp³-hybridized carbons (Fsp3) is 0.185. The maximum Gasteiger partial charge on any atom is 0.433 e. The van der Waals surface area contributed by atoms with Gasteiger partial charge < -0.3 is 20.2 Å². The Morgan fingerprint density at radius 3 is 2.60 bits per heavy atom. The summed E-state index contributed by atoms with van der Waals surface area (Å²) in [4.78, 5) is 29.0. The van der Waals surface area contributed by atoms with Gasteiger partial charge in [0.05, 0.1) is 16.4 Å². The van der Waals surface area contributed by atoms with Crippen LogP contribution in [0.3, 0.4) is 0 Å². The van der Waals surface area contributed by atoms with E-state index in [-0.39, 0.29) is 55.2 Å². The number of pyridine rings is 1. The predicted molar refractivity (Wildman–Crippen MR) is 147 cm³/mol. The fourth-order valence-corrected chi connectivity index (χ4v) is 5.42. The van der Waals surface area contributed by atoms with Crippen molar-refractivity contribution in [3.8, 4) is 16.9 Å². The molecule has 0 unspecified atom stereocenters. The number of nitrogens with zero attached hydrogens (tertiary/aromatic N) is 3. The number of halogens is 5. The first-order valence-corrected chi connectivity index (χ1v) is 13.4. The number of hydrogen-bond acceptors (Lipinski definition) is 7. The van der Waals surface area contributed by atoms with Crippen LogP contribution in [-0.2, 0) is 19.3 Å². The first-order chi connectivity index (χ1) is 19.8. The highest BCUT2D eigenvalue weighted by molar-refractivity contribution is 7.21. The van der Waals surface area contributed by atoms with Crippen molar-refractivity contribution in [2.75, 3.05) is 5.32 Å². The lowest BCUT2D eigenvalue weighted by molar-refractivity contribution is -0.140. The Morgan fingerprint density at radius 1 is 1.19 bits per heavy atom. The third kappa shape index (κ3) is 5.67. The number of primary amides is 1. The number of nitrogens with one attached hydrogen (secondary N) is 1. The van der Waals surface area contributed by atoms with E-state index in [4.69, 9.17) is 26.5 Å². The average molecular weight is 622 g/mol. The minimum Gasteiger partial charge on any atom is -0.484 e. The Kier molecular flexibility index (Phi) is 7.68. The van der Waals surface area contributed by atoms with Crippen LogP contribution in [0, 0.1) is 12.7 Å². The van der Waals surface area contributed by atoms with Gasteiger partial charge in [-0.1, -0.05) is 11.6 Å². The second-order valence-electron chi connectivity index (χ2n) is 8.97. The molecule has 218 valence electrons. The van der Waals surface area contributed by atoms with Crippen molar-refractivity contribution >= 4 is 50.7 Å². The molecule has 0 saturated carbocycles. The van der Waals surface area contributed by atoms with Gasteiger partial charge in [0.15, 0.2) is 5.76 Å². The first kappa shape index (κ1) is 29.1. The lowest BCUT2D eigenvalue weighted by Crippen LogP contribution is -2.16. The molecule has 0 radical (unpaired) electrons. The van der Waals surface area contributed by atoms with E-state index in [9.17, 15) is 27.2 Å². The van der Waals surface area contributed by atoms with Crippen LogP contribution in [0.25, 0.3) is 21.3 Å². The van der Waals surface area contributed by atoms with Gasteiger partial charge in [0.2, 0.25) is 0 Å². The third-order valence-electron chi connectivity index (χ3n) is 6.12. The van der Waals surface area contributed by atoms with Crippen molar-refractivity contribution in [2.45, 2.75) is 33.2 Å². The molecule has 5 aromatic rings. The van der Waals surface area contributed by atoms with Crippen LogP contribution in [0.1, 0.15) is 44.3 Å². The van der Waals surface area contributed by atoms with E-state index in [1.807, 2.05) is 6.92 Å². The maximum atomic E-state index is 13.8. The summed E-state index contributed by atoms with van der Waals surface area (Å²) in [5.74, 6) is -2.11. The second-order valence-corrected chi connectivity index (χ2v) is 10.4. The molecule has 15 heteroatoms. The Labute approximate surface area is 243 Å². The number of ether oxygens (including phenoxy) is 1. The van der Waals surface area contributed by atoms with Crippen molar-refractivity contribution in [2.24, 2.45) is 5.73 Å². The molecule has 42 heavy (non-hydrogen) atoms. The van der Waals surface area contributed by atoms with Crippen LogP contribution in [0.4, 0.5) is 23.2 Å². The fourth-order valence-electron chi connectivity index (χ4n) is 4.19. The van der Waals surface area contributed by atoms with E-state index >= 15 is 0 Å². The molecule has 0 fully saturated rings. The summed E-state index contributed by atoms with van der Waals surface area (Å²) in [6.07, 6.45) is -3.22. The summed E-state index contributed by atoms with van der Waals surface area (Å²) in [7, 11) is 0. The number of anilines is 1. The number of carbonyl (C=O) groups is 2. The number of rotatable bonds is 8. The highest BCUT2D eigenvalue weighted by Crippen LogP contribution is 2.44. The van der Waals surface area contributed by atoms with Gasteiger partial charge in [-0.3, -0.25) is 14.3 Å². The molecule has 3 N–H and O–H groups in total. The highest BCUT2D eigenvalue weighted by Gasteiger charge is 2.35. The maximum absolute atomic E-state index is 13.8. The predicted octanol–water partition coefficient (Wildman–Crippen LogP) is 6.82. The van der Waals surface area contributed by atoms with Gasteiger partial charge in [-0.25, -0.2) is 9.37 Å². The molecule has 2 amide bonds. The number of carbonyl (C=O) groups excluding carboxylic acids is 2. The molecule has 0 aliphatic heterocycles. The Morgan fingerprint density at radius 2 is 1.95 bits per heavy atom. The molecule has 0 bridgehead atoms. The molecule has 0 aliphatic rings. The molecule has 9 nitrogen and oxygen atoms in total. The van der Waals surface area contributed by atoms with Crippen LogP contribution in [0.5, 0.6) is 5.75 Å². The Bertz CT molecular complexity index is 1850. The topological polar surface area (TPSA) is 125 Å². The number of alkyl halides is 3. The summed E-state index contributed by atoms with van der Waals surface area (Å²) in [5.41, 5.74) is 5.12. The van der Waals surface area contributed by atoms with Gasteiger partial charge in [0.1, 0.15) is 39.3 Å². The number of fused-ring (bicyclic) bond motifs is 1. The first-order valence-electron chi connectivity index (χ1n) is 12.2. The quantitative estimate of drug-likeness (QED) is 0.183. The summed E-state index contributed by atoms with van der Waals surface area (Å²) < 4.78 is 67.3. The zero-order chi connectivity index (χ0) is 30.3. The highest BCUT2D eigenvalue weighted by atomic mass is 35.5. The van der Waals surface area contributed by atoms with Crippen molar-refractivity contribution in [3.05, 3.63) is 81.2 Å². The van der Waals surface area contributed by atoms with Crippen LogP contribution in [0.2, 0.25) is 5.02 Å². The Balaban J connectivity index is 1.53. The van der Waals surface area contributed by atoms with E-state index in [0.29, 0.717) is 29.1 Å². The molecule has 0 aliphatic carbocycles. The normalized spacial score (nSPS) is 11.7. The molecular weight excluding hydrogens is 602 g/mol. The van der Waals surface area contributed by atoms with E-state index in [1.54, 1.807) is 17.8 Å². The third-order valence-corrected chi connectivity index (χ3v) is 7.52. The van der Waals surface area contributed by atoms with Gasteiger partial charge in [-0.15, -0.1) is 11.3 Å². The monoisotopic (exact) mass is 621 g/mol. The minimum atomic E-state index is -4.79. The number of thiophene rings is 1. The molecule has 0 spiro atoms. The van der Waals surface area contributed by atoms with Crippen LogP contribution in [-0.4, -0.2) is 26.6 Å². The van der Waals surface area contributed by atoms with Crippen molar-refractivity contribution in [1.29, 1.82) is 0 Å². The lowest BCUT2D eigenvalue weighted by Gasteiger charge is -2.11. The zero-order valence-electron chi connectivity index (χ0n) is 21.8. The van der Waals surface area contributed by atoms with Crippen molar-refractivity contribution in [3.63, 3.8) is 0 Å². The number of furan rings is 1. The lowest BCUT2D eigenvalue weighted by atomic mass is 10.0. The average Bonchev–Trinajstić information content (AvgIpc) is 3.64. The molecule has 5 rings (SSSR count). The summed E-state index contributed by atoms with van der Waals surface area (Å²) in [6, 6.07) is 7.23. The van der Waals surface area contributed by atoms with Crippen molar-refractivity contribution < 1.29 is 36.3 Å². The van der Waals surface area contributed by atoms with Gasteiger partial charge in [0, 0.05) is 23.7 Å². The largest absolute Gasteiger partial charge is 0.484 e. The number of aryl methyl sites for hydroxylation is 2. The standard InChI is InChI=1S/C27H20ClF4N5O4S/c1-3-37-10-16(12(2)36-37)15-9-20(27(30,31)32)34-26-21(15)22(23(42-26)24(33)38)35-25(39)19-7-5-14(41-19)11-40-18-6-4-13(29)8-17(18)28/h4-10H,3,11H2,1-2H3,(H2,33,38)(H,35,39). The van der Waals surface area contributed by atoms with Crippen LogP contribution >= 0.6 is 22.9 Å². The van der Waals surface area contributed by atoms with Crippen LogP contribution in [0.15, 0.2) is 47.0 Å². The summed E-state index contributed by atoms with van der Waals surface area (Å²) in [6.45, 7) is 3.75. The van der Waals surface area contributed by atoms with Gasteiger partial charge in [-0.2, -0.15) is 18.3 Å². The number of nitrogens with two attached hydrogens (primary N) is 1. The number of hydrogen-bond donors (Lipinski definition) is 2. The molecule has 0 atom stereocenters. The molecule has 0 saturated heterocycles.